The van der Waals surface area contributed by atoms with Crippen molar-refractivity contribution >= 4 is 23.1 Å². The van der Waals surface area contributed by atoms with E-state index in [9.17, 15) is 4.79 Å². The number of allylic oxidation sites excluding steroid dienone is 4. The molecule has 2 unspecified atom stereocenters. The first-order valence-corrected chi connectivity index (χ1v) is 8.06. The van der Waals surface area contributed by atoms with Crippen LogP contribution in [-0.4, -0.2) is 30.0 Å². The van der Waals surface area contributed by atoms with Gasteiger partial charge in [0.05, 0.1) is 0 Å². The summed E-state index contributed by atoms with van der Waals surface area (Å²) in [7, 11) is 3.47. The molecule has 128 valence electrons. The molecule has 24 heavy (non-hydrogen) atoms. The van der Waals surface area contributed by atoms with E-state index in [4.69, 9.17) is 4.42 Å². The molecule has 2 atom stereocenters. The molecule has 2 amide bonds. The number of urea groups is 1. The third-order valence-corrected chi connectivity index (χ3v) is 4.56. The summed E-state index contributed by atoms with van der Waals surface area (Å²) in [5.74, 6) is 0.760. The number of anilines is 1. The van der Waals surface area contributed by atoms with Gasteiger partial charge in [0.15, 0.2) is 5.58 Å². The van der Waals surface area contributed by atoms with Crippen LogP contribution in [0, 0.1) is 18.8 Å². The number of aryl methyl sites for hydroxylation is 1. The molecule has 1 fully saturated rings. The van der Waals surface area contributed by atoms with E-state index in [1.165, 1.54) is 4.90 Å². The number of fused-ring (bicyclic) bond motifs is 2. The quantitative estimate of drug-likeness (QED) is 0.900. The van der Waals surface area contributed by atoms with Crippen molar-refractivity contribution in [3.05, 3.63) is 47.3 Å². The van der Waals surface area contributed by atoms with Crippen molar-refractivity contribution in [2.75, 3.05) is 19.4 Å². The molecule has 0 bridgehead atoms. The topological polar surface area (TPSA) is 70.4 Å². The average Bonchev–Trinajstić information content (AvgIpc) is 3.24. The van der Waals surface area contributed by atoms with Gasteiger partial charge in [0.2, 0.25) is 0 Å². The zero-order valence-corrected chi connectivity index (χ0v) is 14.0. The summed E-state index contributed by atoms with van der Waals surface area (Å²) in [6.45, 7) is 2.02. The summed E-state index contributed by atoms with van der Waals surface area (Å²) in [4.78, 5) is 17.9. The molecular formula is C18H24N4O2. The summed E-state index contributed by atoms with van der Waals surface area (Å²) >= 11 is 0. The van der Waals surface area contributed by atoms with Crippen LogP contribution in [0.4, 0.5) is 10.8 Å². The first kappa shape index (κ1) is 14.8. The zero-order valence-electron chi connectivity index (χ0n) is 14.0. The molecule has 2 aliphatic carbocycles. The molecule has 1 aromatic heterocycles. The summed E-state index contributed by atoms with van der Waals surface area (Å²) < 4.78 is 5.78. The van der Waals surface area contributed by atoms with Gasteiger partial charge >= 0.3 is 6.03 Å². The lowest BCUT2D eigenvalue weighted by Crippen LogP contribution is -2.35. The van der Waals surface area contributed by atoms with Gasteiger partial charge in [-0.25, -0.2) is 4.79 Å². The largest absolute Gasteiger partial charge is 0.423 e. The average molecular weight is 328 g/mol. The minimum Gasteiger partial charge on any atom is -0.423 e. The number of nitrogens with one attached hydrogen (secondary N) is 2. The molecule has 6 heteroatoms. The molecule has 2 aromatic rings. The summed E-state index contributed by atoms with van der Waals surface area (Å²) in [6, 6.07) is 6.33. The van der Waals surface area contributed by atoms with E-state index in [-0.39, 0.29) is 8.88 Å². The van der Waals surface area contributed by atoms with Crippen LogP contribution in [0.15, 0.2) is 46.2 Å². The van der Waals surface area contributed by atoms with E-state index in [1.807, 2.05) is 37.3 Å². The van der Waals surface area contributed by atoms with E-state index in [1.54, 1.807) is 14.1 Å². The van der Waals surface area contributed by atoms with Crippen molar-refractivity contribution in [2.24, 2.45) is 11.8 Å². The lowest BCUT2D eigenvalue weighted by atomic mass is 10.1. The molecule has 1 aromatic carbocycles. The number of hydrogen-bond donors (Lipinski definition) is 2. The Morgan fingerprint density at radius 1 is 1.29 bits per heavy atom. The highest BCUT2D eigenvalue weighted by Crippen LogP contribution is 2.50. The monoisotopic (exact) mass is 328 g/mol. The summed E-state index contributed by atoms with van der Waals surface area (Å²) in [5, 5.41) is 6.26. The van der Waals surface area contributed by atoms with Gasteiger partial charge in [0, 0.05) is 40.2 Å². The van der Waals surface area contributed by atoms with Crippen molar-refractivity contribution in [1.82, 2.24) is 15.2 Å². The Morgan fingerprint density at radius 2 is 2.04 bits per heavy atom. The molecule has 2 N–H and O–H groups in total. The molecule has 1 saturated carbocycles. The SMILES string of the molecule is Cc1cccc2oc(NC3=CC=C(NC(=O)N(C)C)C4CC34)nc12.[HH].[HH]. The van der Waals surface area contributed by atoms with Crippen LogP contribution in [0.1, 0.15) is 14.8 Å². The van der Waals surface area contributed by atoms with E-state index in [0.29, 0.717) is 17.9 Å². The number of hydrogen-bond acceptors (Lipinski definition) is 4. The van der Waals surface area contributed by atoms with Crippen LogP contribution in [0.25, 0.3) is 11.1 Å². The highest BCUT2D eigenvalue weighted by molar-refractivity contribution is 5.78. The number of carbonyl (C=O) groups excluding carboxylic acids is 1. The number of carbonyl (C=O) groups is 1. The molecule has 0 aliphatic heterocycles. The predicted molar refractivity (Wildman–Crippen MR) is 96.6 cm³/mol. The summed E-state index contributed by atoms with van der Waals surface area (Å²) in [6.07, 6.45) is 4.99. The number of benzene rings is 1. The molecular weight excluding hydrogens is 304 g/mol. The first-order valence-electron chi connectivity index (χ1n) is 8.06. The second kappa shape index (κ2) is 5.40. The Morgan fingerprint density at radius 3 is 2.79 bits per heavy atom. The van der Waals surface area contributed by atoms with Crippen LogP contribution in [-0.2, 0) is 0 Å². The number of oxazole rings is 1. The minimum absolute atomic E-state index is 0. The van der Waals surface area contributed by atoms with Gasteiger partial charge in [-0.2, -0.15) is 4.98 Å². The first-order chi connectivity index (χ1) is 11.5. The highest BCUT2D eigenvalue weighted by Gasteiger charge is 2.45. The van der Waals surface area contributed by atoms with Gasteiger partial charge in [0.1, 0.15) is 5.52 Å². The van der Waals surface area contributed by atoms with Crippen molar-refractivity contribution < 1.29 is 12.1 Å². The fourth-order valence-electron chi connectivity index (χ4n) is 3.08. The van der Waals surface area contributed by atoms with E-state index in [2.05, 4.69) is 15.6 Å². The summed E-state index contributed by atoms with van der Waals surface area (Å²) in [5.41, 5.74) is 4.85. The van der Waals surface area contributed by atoms with Crippen molar-refractivity contribution in [2.45, 2.75) is 13.3 Å². The van der Waals surface area contributed by atoms with Crippen molar-refractivity contribution in [1.29, 1.82) is 0 Å². The Bertz CT molecular complexity index is 888. The zero-order chi connectivity index (χ0) is 16.8. The second-order valence-corrected chi connectivity index (χ2v) is 6.58. The Labute approximate surface area is 143 Å². The number of para-hydroxylation sites is 1. The van der Waals surface area contributed by atoms with Crippen LogP contribution in [0.3, 0.4) is 0 Å². The maximum atomic E-state index is 11.8. The molecule has 1 heterocycles. The van der Waals surface area contributed by atoms with E-state index < -0.39 is 0 Å². The number of nitrogens with zero attached hydrogens (tertiary/aromatic N) is 2. The molecule has 0 saturated heterocycles. The lowest BCUT2D eigenvalue weighted by Gasteiger charge is -2.17. The Hall–Kier alpha value is -2.76. The number of rotatable bonds is 3. The van der Waals surface area contributed by atoms with E-state index >= 15 is 0 Å². The number of aromatic nitrogens is 1. The maximum Gasteiger partial charge on any atom is 0.321 e. The second-order valence-electron chi connectivity index (χ2n) is 6.58. The van der Waals surface area contributed by atoms with Crippen molar-refractivity contribution in [3.63, 3.8) is 0 Å². The standard InChI is InChI=1S/C18H20N4O2.2H2/c1-10-5-4-6-15-16(10)21-17(24-15)19-13-7-8-14(12-9-11(12)13)20-18(23)22(2)3;;/h4-8,11-12H,9H2,1-3H3,(H,19,21)(H,20,23);2*1H. The van der Waals surface area contributed by atoms with Gasteiger partial charge in [-0.15, -0.1) is 0 Å². The van der Waals surface area contributed by atoms with Gasteiger partial charge in [-0.1, -0.05) is 12.1 Å². The third kappa shape index (κ3) is 2.54. The van der Waals surface area contributed by atoms with Crippen LogP contribution < -0.4 is 10.6 Å². The van der Waals surface area contributed by atoms with Crippen LogP contribution in [0.2, 0.25) is 0 Å². The van der Waals surface area contributed by atoms with E-state index in [0.717, 1.165) is 34.5 Å². The fraction of sp³-hybridized carbons (Fsp3) is 0.333. The van der Waals surface area contributed by atoms with Crippen molar-refractivity contribution in [3.8, 4) is 0 Å². The van der Waals surface area contributed by atoms with Crippen LogP contribution >= 0.6 is 0 Å². The van der Waals surface area contributed by atoms with Crippen LogP contribution in [0.5, 0.6) is 0 Å². The smallest absolute Gasteiger partial charge is 0.321 e. The molecule has 0 radical (unpaired) electrons. The maximum absolute atomic E-state index is 11.8. The third-order valence-electron chi connectivity index (χ3n) is 4.56. The lowest BCUT2D eigenvalue weighted by molar-refractivity contribution is 0.219. The fourth-order valence-corrected chi connectivity index (χ4v) is 3.08. The normalized spacial score (nSPS) is 21.6. The Kier molecular flexibility index (Phi) is 3.33. The van der Waals surface area contributed by atoms with Gasteiger partial charge in [-0.3, -0.25) is 0 Å². The number of amides is 2. The molecule has 4 rings (SSSR count). The van der Waals surface area contributed by atoms with Gasteiger partial charge < -0.3 is 20.0 Å². The highest BCUT2D eigenvalue weighted by atomic mass is 16.4. The molecule has 6 nitrogen and oxygen atoms in total. The van der Waals surface area contributed by atoms with Gasteiger partial charge in [-0.05, 0) is 37.1 Å². The molecule has 2 aliphatic rings. The van der Waals surface area contributed by atoms with Gasteiger partial charge in [0.25, 0.3) is 6.01 Å². The molecule has 0 spiro atoms. The Balaban J connectivity index is 0.00000121. The predicted octanol–water partition coefficient (Wildman–Crippen LogP) is 3.73. The minimum atomic E-state index is -0.0915.